The minimum absolute atomic E-state index is 0.133. The summed E-state index contributed by atoms with van der Waals surface area (Å²) in [4.78, 5) is 5.24. The van der Waals surface area contributed by atoms with E-state index in [9.17, 15) is 0 Å². The lowest BCUT2D eigenvalue weighted by molar-refractivity contribution is 0.117. The standard InChI is InChI=1S/C16H22N4/c17-18-15-14-9-19-6-7-20(10-14)12-16(15,11-19)8-13-4-2-1-3-5-13/h1-5,14H,6-12,17H2/b18-15+. The molecule has 0 spiro atoms. The van der Waals surface area contributed by atoms with Crippen LogP contribution >= 0.6 is 0 Å². The van der Waals surface area contributed by atoms with Crippen molar-refractivity contribution in [3.05, 3.63) is 35.9 Å². The fourth-order valence-corrected chi connectivity index (χ4v) is 4.54. The SMILES string of the molecule is N/N=C1\C2CN3CCN(C2)CC1(Cc1ccccc1)C3. The molecule has 20 heavy (non-hydrogen) atoms. The highest BCUT2D eigenvalue weighted by Gasteiger charge is 2.51. The summed E-state index contributed by atoms with van der Waals surface area (Å²) in [5.74, 6) is 6.33. The normalized spacial score (nSPS) is 41.0. The van der Waals surface area contributed by atoms with Gasteiger partial charge in [0.15, 0.2) is 0 Å². The van der Waals surface area contributed by atoms with Crippen LogP contribution in [0, 0.1) is 11.3 Å². The fourth-order valence-electron chi connectivity index (χ4n) is 4.54. The molecule has 0 aliphatic carbocycles. The van der Waals surface area contributed by atoms with Crippen molar-refractivity contribution >= 4 is 5.71 Å². The van der Waals surface area contributed by atoms with Gasteiger partial charge in [-0.05, 0) is 12.0 Å². The molecule has 0 amide bonds. The number of fused-ring (bicyclic) bond motifs is 1. The maximum Gasteiger partial charge on any atom is 0.0522 e. The van der Waals surface area contributed by atoms with Gasteiger partial charge in [-0.1, -0.05) is 30.3 Å². The number of nitrogens with two attached hydrogens (primary N) is 1. The van der Waals surface area contributed by atoms with E-state index in [1.54, 1.807) is 0 Å². The van der Waals surface area contributed by atoms with Crippen LogP contribution in [-0.4, -0.2) is 54.8 Å². The average molecular weight is 270 g/mol. The molecule has 4 nitrogen and oxygen atoms in total. The summed E-state index contributed by atoms with van der Waals surface area (Å²) in [6.45, 7) is 6.91. The third-order valence-electron chi connectivity index (χ3n) is 5.20. The summed E-state index contributed by atoms with van der Waals surface area (Å²) in [5, 5.41) is 4.26. The molecule has 1 aromatic carbocycles. The number of benzene rings is 1. The maximum absolute atomic E-state index is 5.79. The smallest absolute Gasteiger partial charge is 0.0522 e. The summed E-state index contributed by atoms with van der Waals surface area (Å²) in [6.07, 6.45) is 1.06. The maximum atomic E-state index is 5.79. The van der Waals surface area contributed by atoms with Crippen molar-refractivity contribution in [2.24, 2.45) is 22.3 Å². The van der Waals surface area contributed by atoms with Crippen LogP contribution in [-0.2, 0) is 6.42 Å². The number of piperidine rings is 2. The average Bonchev–Trinajstić information content (AvgIpc) is 2.68. The highest BCUT2D eigenvalue weighted by Crippen LogP contribution is 2.40. The van der Waals surface area contributed by atoms with Crippen LogP contribution in [0.2, 0.25) is 0 Å². The predicted molar refractivity (Wildman–Crippen MR) is 80.6 cm³/mol. The zero-order valence-electron chi connectivity index (χ0n) is 11.8. The summed E-state index contributed by atoms with van der Waals surface area (Å²) < 4.78 is 0. The lowest BCUT2D eigenvalue weighted by Crippen LogP contribution is -2.62. The topological polar surface area (TPSA) is 44.9 Å². The third-order valence-corrected chi connectivity index (χ3v) is 5.20. The molecule has 0 saturated carbocycles. The van der Waals surface area contributed by atoms with Gasteiger partial charge in [0.2, 0.25) is 0 Å². The Morgan fingerprint density at radius 2 is 1.75 bits per heavy atom. The lowest BCUT2D eigenvalue weighted by Gasteiger charge is -2.50. The van der Waals surface area contributed by atoms with Crippen LogP contribution in [0.5, 0.6) is 0 Å². The molecule has 4 aliphatic heterocycles. The predicted octanol–water partition coefficient (Wildman–Crippen LogP) is 0.791. The van der Waals surface area contributed by atoms with E-state index < -0.39 is 0 Å². The Kier molecular flexibility index (Phi) is 2.82. The molecular formula is C16H22N4. The monoisotopic (exact) mass is 270 g/mol. The number of nitrogens with zero attached hydrogens (tertiary/aromatic N) is 3. The van der Waals surface area contributed by atoms with Gasteiger partial charge >= 0.3 is 0 Å². The van der Waals surface area contributed by atoms with Crippen LogP contribution < -0.4 is 5.84 Å². The minimum atomic E-state index is 0.133. The first-order valence-corrected chi connectivity index (χ1v) is 7.56. The first kappa shape index (κ1) is 12.4. The molecule has 2 unspecified atom stereocenters. The first-order chi connectivity index (χ1) is 9.79. The van der Waals surface area contributed by atoms with Crippen LogP contribution in [0.1, 0.15) is 5.56 Å². The summed E-state index contributed by atoms with van der Waals surface area (Å²) in [7, 11) is 0. The van der Waals surface area contributed by atoms with Gasteiger partial charge in [-0.3, -0.25) is 0 Å². The van der Waals surface area contributed by atoms with E-state index in [1.807, 2.05) is 0 Å². The molecule has 4 fully saturated rings. The van der Waals surface area contributed by atoms with Crippen molar-refractivity contribution in [3.8, 4) is 0 Å². The van der Waals surface area contributed by atoms with Crippen molar-refractivity contribution in [2.75, 3.05) is 39.3 Å². The molecule has 4 bridgehead atoms. The second-order valence-corrected chi connectivity index (χ2v) is 6.62. The second kappa shape index (κ2) is 4.57. The summed E-state index contributed by atoms with van der Waals surface area (Å²) in [6, 6.07) is 10.8. The van der Waals surface area contributed by atoms with Crippen molar-refractivity contribution in [1.29, 1.82) is 0 Å². The molecule has 4 aliphatic rings. The molecule has 2 atom stereocenters. The Morgan fingerprint density at radius 3 is 2.35 bits per heavy atom. The van der Waals surface area contributed by atoms with Gasteiger partial charge in [0, 0.05) is 50.6 Å². The number of rotatable bonds is 2. The molecule has 106 valence electrons. The van der Waals surface area contributed by atoms with Crippen LogP contribution in [0.3, 0.4) is 0 Å². The lowest BCUT2D eigenvalue weighted by atomic mass is 9.67. The first-order valence-electron chi connectivity index (χ1n) is 7.56. The van der Waals surface area contributed by atoms with E-state index in [-0.39, 0.29) is 5.41 Å². The Hall–Kier alpha value is -1.39. The zero-order valence-corrected chi connectivity index (χ0v) is 11.8. The molecule has 4 heterocycles. The van der Waals surface area contributed by atoms with Gasteiger partial charge < -0.3 is 15.6 Å². The number of hydrazone groups is 1. The molecule has 5 rings (SSSR count). The van der Waals surface area contributed by atoms with Crippen molar-refractivity contribution in [2.45, 2.75) is 6.42 Å². The largest absolute Gasteiger partial charge is 0.323 e. The van der Waals surface area contributed by atoms with E-state index in [0.717, 1.165) is 32.6 Å². The number of hydrogen-bond donors (Lipinski definition) is 1. The fraction of sp³-hybridized carbons (Fsp3) is 0.562. The van der Waals surface area contributed by atoms with E-state index in [2.05, 4.69) is 45.2 Å². The minimum Gasteiger partial charge on any atom is -0.323 e. The van der Waals surface area contributed by atoms with Gasteiger partial charge in [-0.15, -0.1) is 0 Å². The van der Waals surface area contributed by atoms with E-state index >= 15 is 0 Å². The summed E-state index contributed by atoms with van der Waals surface area (Å²) >= 11 is 0. The third kappa shape index (κ3) is 1.86. The molecule has 4 heteroatoms. The van der Waals surface area contributed by atoms with Gasteiger partial charge in [-0.2, -0.15) is 5.10 Å². The Balaban J connectivity index is 1.73. The molecule has 0 radical (unpaired) electrons. The van der Waals surface area contributed by atoms with Gasteiger partial charge in [0.25, 0.3) is 0 Å². The second-order valence-electron chi connectivity index (χ2n) is 6.62. The van der Waals surface area contributed by atoms with Crippen molar-refractivity contribution < 1.29 is 0 Å². The van der Waals surface area contributed by atoms with Crippen molar-refractivity contribution in [3.63, 3.8) is 0 Å². The van der Waals surface area contributed by atoms with Crippen LogP contribution in [0.15, 0.2) is 35.4 Å². The quantitative estimate of drug-likeness (QED) is 0.638. The highest BCUT2D eigenvalue weighted by atomic mass is 15.3. The van der Waals surface area contributed by atoms with E-state index in [0.29, 0.717) is 5.92 Å². The molecule has 1 aromatic rings. The molecule has 0 aromatic heterocycles. The Bertz CT molecular complexity index is 509. The molecular weight excluding hydrogens is 248 g/mol. The molecule has 4 saturated heterocycles. The Labute approximate surface area is 120 Å². The zero-order chi connectivity index (χ0) is 13.6. The van der Waals surface area contributed by atoms with Crippen LogP contribution in [0.4, 0.5) is 0 Å². The van der Waals surface area contributed by atoms with E-state index in [1.165, 1.54) is 24.4 Å². The number of hydrogen-bond acceptors (Lipinski definition) is 4. The Morgan fingerprint density at radius 1 is 1.10 bits per heavy atom. The highest BCUT2D eigenvalue weighted by molar-refractivity contribution is 5.94. The van der Waals surface area contributed by atoms with Crippen LogP contribution in [0.25, 0.3) is 0 Å². The molecule has 2 N–H and O–H groups in total. The van der Waals surface area contributed by atoms with Gasteiger partial charge in [0.05, 0.1) is 5.71 Å². The van der Waals surface area contributed by atoms with E-state index in [4.69, 9.17) is 5.84 Å². The van der Waals surface area contributed by atoms with Crippen molar-refractivity contribution in [1.82, 2.24) is 9.80 Å². The summed E-state index contributed by atoms with van der Waals surface area (Å²) in [5.41, 5.74) is 2.81. The van der Waals surface area contributed by atoms with Gasteiger partial charge in [0.1, 0.15) is 0 Å². The van der Waals surface area contributed by atoms with Gasteiger partial charge in [-0.25, -0.2) is 0 Å².